The Labute approximate surface area is 152 Å². The normalized spacial score (nSPS) is 16.2. The summed E-state index contributed by atoms with van der Waals surface area (Å²) in [7, 11) is 0. The van der Waals surface area contributed by atoms with E-state index in [0.717, 1.165) is 11.1 Å². The molecule has 0 radical (unpaired) electrons. The number of aromatic nitrogens is 2. The molecule has 0 spiro atoms. The van der Waals surface area contributed by atoms with Crippen LogP contribution in [0.25, 0.3) is 11.5 Å². The fraction of sp³-hybridized carbons (Fsp3) is 0.300. The number of nitrogens with one attached hydrogen (secondary N) is 1. The molecule has 4 nitrogen and oxygen atoms in total. The summed E-state index contributed by atoms with van der Waals surface area (Å²) < 4.78 is 6.01. The van der Waals surface area contributed by atoms with Crippen molar-refractivity contribution in [1.82, 2.24) is 15.5 Å². The van der Waals surface area contributed by atoms with Gasteiger partial charge in [0.05, 0.1) is 0 Å². The Morgan fingerprint density at radius 1 is 1.00 bits per heavy atom. The lowest BCUT2D eigenvalue weighted by Gasteiger charge is -2.20. The number of benzene rings is 2. The molecule has 128 valence electrons. The van der Waals surface area contributed by atoms with Crippen LogP contribution in [0.15, 0.2) is 59.0 Å². The van der Waals surface area contributed by atoms with Crippen LogP contribution in [-0.2, 0) is 0 Å². The lowest BCUT2D eigenvalue weighted by molar-refractivity contribution is 0.398. The van der Waals surface area contributed by atoms with Gasteiger partial charge in [-0.25, -0.2) is 0 Å². The first-order chi connectivity index (χ1) is 12.3. The van der Waals surface area contributed by atoms with Crippen LogP contribution < -0.4 is 5.32 Å². The average Bonchev–Trinajstić information content (AvgIpc) is 3.32. The summed E-state index contributed by atoms with van der Waals surface area (Å²) in [6.07, 6.45) is 4.88. The summed E-state index contributed by atoms with van der Waals surface area (Å²) in [5.74, 6) is 1.11. The van der Waals surface area contributed by atoms with E-state index in [1.807, 2.05) is 54.6 Å². The molecule has 0 unspecified atom stereocenters. The quantitative estimate of drug-likeness (QED) is 0.700. The molecule has 3 aromatic rings. The number of hydrogen-bond donors (Lipinski definition) is 1. The molecular formula is C20H20ClN3O. The molecule has 0 amide bonds. The Bertz CT molecular complexity index is 828. The Hall–Kier alpha value is -2.17. The van der Waals surface area contributed by atoms with Crippen LogP contribution in [0.1, 0.15) is 43.2 Å². The molecule has 1 aliphatic carbocycles. The van der Waals surface area contributed by atoms with E-state index in [-0.39, 0.29) is 6.04 Å². The summed E-state index contributed by atoms with van der Waals surface area (Å²) in [4.78, 5) is 0. The van der Waals surface area contributed by atoms with E-state index in [0.29, 0.717) is 22.8 Å². The van der Waals surface area contributed by atoms with Crippen LogP contribution in [0.2, 0.25) is 5.02 Å². The highest BCUT2D eigenvalue weighted by atomic mass is 35.5. The first kappa shape index (κ1) is 16.3. The third-order valence-corrected chi connectivity index (χ3v) is 4.88. The van der Waals surface area contributed by atoms with Gasteiger partial charge in [0.1, 0.15) is 6.04 Å². The monoisotopic (exact) mass is 353 g/mol. The fourth-order valence-electron chi connectivity index (χ4n) is 3.37. The van der Waals surface area contributed by atoms with E-state index in [1.54, 1.807) is 0 Å². The highest BCUT2D eigenvalue weighted by Gasteiger charge is 2.26. The summed E-state index contributed by atoms with van der Waals surface area (Å²) >= 11 is 6.20. The molecule has 0 aliphatic heterocycles. The largest absolute Gasteiger partial charge is 0.419 e. The van der Waals surface area contributed by atoms with Crippen molar-refractivity contribution in [3.8, 4) is 11.5 Å². The van der Waals surface area contributed by atoms with Crippen LogP contribution in [0.4, 0.5) is 0 Å². The second kappa shape index (κ2) is 7.38. The zero-order chi connectivity index (χ0) is 17.1. The Morgan fingerprint density at radius 3 is 2.56 bits per heavy atom. The molecule has 0 bridgehead atoms. The lowest BCUT2D eigenvalue weighted by atomic mass is 10.1. The van der Waals surface area contributed by atoms with Crippen molar-refractivity contribution in [2.75, 3.05) is 0 Å². The van der Waals surface area contributed by atoms with Gasteiger partial charge in [-0.2, -0.15) is 0 Å². The Morgan fingerprint density at radius 2 is 1.80 bits per heavy atom. The summed E-state index contributed by atoms with van der Waals surface area (Å²) in [5, 5.41) is 13.0. The molecule has 5 heteroatoms. The van der Waals surface area contributed by atoms with Gasteiger partial charge in [-0.15, -0.1) is 10.2 Å². The molecule has 1 saturated carbocycles. The molecule has 1 aliphatic rings. The van der Waals surface area contributed by atoms with Crippen molar-refractivity contribution in [3.63, 3.8) is 0 Å². The molecule has 2 aromatic carbocycles. The van der Waals surface area contributed by atoms with Gasteiger partial charge in [-0.1, -0.05) is 54.8 Å². The molecule has 0 saturated heterocycles. The van der Waals surface area contributed by atoms with Crippen LogP contribution >= 0.6 is 11.6 Å². The zero-order valence-corrected chi connectivity index (χ0v) is 14.6. The third kappa shape index (κ3) is 3.75. The number of nitrogens with zero attached hydrogens (tertiary/aromatic N) is 2. The maximum absolute atomic E-state index is 6.20. The minimum atomic E-state index is -0.147. The van der Waals surface area contributed by atoms with Gasteiger partial charge in [-0.3, -0.25) is 5.32 Å². The fourth-order valence-corrected chi connectivity index (χ4v) is 3.57. The van der Waals surface area contributed by atoms with Crippen LogP contribution in [0.5, 0.6) is 0 Å². The van der Waals surface area contributed by atoms with Crippen molar-refractivity contribution in [2.45, 2.75) is 37.8 Å². The van der Waals surface area contributed by atoms with Gasteiger partial charge >= 0.3 is 0 Å². The molecule has 1 heterocycles. The molecule has 1 fully saturated rings. The van der Waals surface area contributed by atoms with E-state index >= 15 is 0 Å². The first-order valence-electron chi connectivity index (χ1n) is 8.70. The smallest absolute Gasteiger partial charge is 0.247 e. The summed E-state index contributed by atoms with van der Waals surface area (Å²) in [6.45, 7) is 0. The standard InChI is InChI=1S/C20H20ClN3O/c21-16-10-6-9-15(13-16)18(22-17-11-4-5-12-17)20-24-23-19(25-20)14-7-2-1-3-8-14/h1-3,6-10,13,17-18,22H,4-5,11-12H2/t18-/m0/s1. The highest BCUT2D eigenvalue weighted by Crippen LogP contribution is 2.29. The van der Waals surface area contributed by atoms with Crippen LogP contribution in [0, 0.1) is 0 Å². The van der Waals surface area contributed by atoms with Gasteiger partial charge in [0.2, 0.25) is 11.8 Å². The first-order valence-corrected chi connectivity index (χ1v) is 9.08. The highest BCUT2D eigenvalue weighted by molar-refractivity contribution is 6.30. The second-order valence-corrected chi connectivity index (χ2v) is 6.88. The van der Waals surface area contributed by atoms with Gasteiger partial charge in [-0.05, 0) is 42.7 Å². The van der Waals surface area contributed by atoms with Crippen molar-refractivity contribution < 1.29 is 4.42 Å². The molecule has 1 aromatic heterocycles. The summed E-state index contributed by atoms with van der Waals surface area (Å²) in [6, 6.07) is 18.0. The molecular weight excluding hydrogens is 334 g/mol. The number of hydrogen-bond acceptors (Lipinski definition) is 4. The van der Waals surface area contributed by atoms with Crippen LogP contribution in [0.3, 0.4) is 0 Å². The van der Waals surface area contributed by atoms with Gasteiger partial charge < -0.3 is 4.42 Å². The van der Waals surface area contributed by atoms with Crippen molar-refractivity contribution >= 4 is 11.6 Å². The predicted molar refractivity (Wildman–Crippen MR) is 98.4 cm³/mol. The van der Waals surface area contributed by atoms with Crippen molar-refractivity contribution in [3.05, 3.63) is 71.1 Å². The topological polar surface area (TPSA) is 51.0 Å². The SMILES string of the molecule is Clc1cccc([C@H](NC2CCCC2)c2nnc(-c3ccccc3)o2)c1. The minimum Gasteiger partial charge on any atom is -0.419 e. The second-order valence-electron chi connectivity index (χ2n) is 6.45. The van der Waals surface area contributed by atoms with Crippen molar-refractivity contribution in [1.29, 1.82) is 0 Å². The summed E-state index contributed by atoms with van der Waals surface area (Å²) in [5.41, 5.74) is 1.97. The third-order valence-electron chi connectivity index (χ3n) is 4.65. The van der Waals surface area contributed by atoms with E-state index < -0.39 is 0 Å². The van der Waals surface area contributed by atoms with Crippen molar-refractivity contribution in [2.24, 2.45) is 0 Å². The van der Waals surface area contributed by atoms with E-state index in [9.17, 15) is 0 Å². The van der Waals surface area contributed by atoms with Crippen LogP contribution in [-0.4, -0.2) is 16.2 Å². The van der Waals surface area contributed by atoms with Gasteiger partial charge in [0.15, 0.2) is 0 Å². The minimum absolute atomic E-state index is 0.147. The average molecular weight is 354 g/mol. The Kier molecular flexibility index (Phi) is 4.81. The van der Waals surface area contributed by atoms with E-state index in [2.05, 4.69) is 15.5 Å². The number of halogens is 1. The molecule has 1 atom stereocenters. The molecule has 4 rings (SSSR count). The number of rotatable bonds is 5. The van der Waals surface area contributed by atoms with Gasteiger partial charge in [0.25, 0.3) is 0 Å². The maximum atomic E-state index is 6.20. The zero-order valence-electron chi connectivity index (χ0n) is 13.9. The molecule has 1 N–H and O–H groups in total. The lowest BCUT2D eigenvalue weighted by Crippen LogP contribution is -2.31. The maximum Gasteiger partial charge on any atom is 0.247 e. The van der Waals surface area contributed by atoms with E-state index in [1.165, 1.54) is 25.7 Å². The Balaban J connectivity index is 1.66. The predicted octanol–water partition coefficient (Wildman–Crippen LogP) is 5.01. The van der Waals surface area contributed by atoms with E-state index in [4.69, 9.17) is 16.0 Å². The van der Waals surface area contributed by atoms with Gasteiger partial charge in [0, 0.05) is 16.6 Å². The molecule has 25 heavy (non-hydrogen) atoms.